The van der Waals surface area contributed by atoms with Gasteiger partial charge in [0.1, 0.15) is 10.1 Å². The van der Waals surface area contributed by atoms with E-state index in [2.05, 4.69) is 18.2 Å². The van der Waals surface area contributed by atoms with Gasteiger partial charge in [0, 0.05) is 5.56 Å². The number of rotatable bonds is 5. The molecule has 0 spiro atoms. The molecule has 5 fully saturated rings. The van der Waals surface area contributed by atoms with Crippen molar-refractivity contribution in [2.75, 3.05) is 7.11 Å². The van der Waals surface area contributed by atoms with Gasteiger partial charge in [-0.2, -0.15) is 0 Å². The van der Waals surface area contributed by atoms with E-state index in [9.17, 15) is 4.79 Å². The zero-order chi connectivity index (χ0) is 22.6. The standard InChI is InChI=1S/C28H29NO2S2/c1-31-24-8-7-23(28-14-19-9-20(15-28)11-21(10-19)16-28)12-22(24)13-25-26(30)29(27(32)33-25)17-18-5-3-2-4-6-18/h2-8,12-13,19-21H,9-11,14-17H2,1H3/b25-13-. The summed E-state index contributed by atoms with van der Waals surface area (Å²) in [6, 6.07) is 16.7. The molecule has 33 heavy (non-hydrogen) atoms. The molecule has 1 aliphatic heterocycles. The Morgan fingerprint density at radius 2 is 1.73 bits per heavy atom. The first-order valence-corrected chi connectivity index (χ1v) is 13.2. The van der Waals surface area contributed by atoms with Gasteiger partial charge in [0.2, 0.25) is 0 Å². The second-order valence-corrected chi connectivity index (χ2v) is 12.1. The zero-order valence-corrected chi connectivity index (χ0v) is 20.6. The van der Waals surface area contributed by atoms with Crippen molar-refractivity contribution < 1.29 is 9.53 Å². The van der Waals surface area contributed by atoms with Crippen molar-refractivity contribution in [3.63, 3.8) is 0 Å². The lowest BCUT2D eigenvalue weighted by Gasteiger charge is -2.57. The molecule has 5 heteroatoms. The minimum absolute atomic E-state index is 0.0175. The van der Waals surface area contributed by atoms with Gasteiger partial charge in [0.15, 0.2) is 0 Å². The van der Waals surface area contributed by atoms with Crippen LogP contribution in [0.4, 0.5) is 0 Å². The van der Waals surface area contributed by atoms with E-state index in [1.807, 2.05) is 36.4 Å². The molecule has 1 heterocycles. The monoisotopic (exact) mass is 475 g/mol. The average molecular weight is 476 g/mol. The van der Waals surface area contributed by atoms with Crippen LogP contribution in [0, 0.1) is 17.8 Å². The van der Waals surface area contributed by atoms with Crippen LogP contribution < -0.4 is 4.74 Å². The molecule has 2 aromatic carbocycles. The van der Waals surface area contributed by atoms with E-state index in [0.717, 1.165) is 34.6 Å². The van der Waals surface area contributed by atoms with E-state index in [-0.39, 0.29) is 5.91 Å². The Kier molecular flexibility index (Phi) is 5.38. The highest BCUT2D eigenvalue weighted by atomic mass is 32.2. The Labute approximate surface area is 205 Å². The smallest absolute Gasteiger partial charge is 0.266 e. The summed E-state index contributed by atoms with van der Waals surface area (Å²) in [5, 5.41) is 0. The van der Waals surface area contributed by atoms with Crippen molar-refractivity contribution >= 4 is 40.3 Å². The number of carbonyl (C=O) groups is 1. The number of hydrogen-bond acceptors (Lipinski definition) is 4. The van der Waals surface area contributed by atoms with Crippen LogP contribution in [0.15, 0.2) is 53.4 Å². The normalized spacial score (nSPS) is 31.6. The van der Waals surface area contributed by atoms with Gasteiger partial charge in [-0.3, -0.25) is 9.69 Å². The van der Waals surface area contributed by atoms with Crippen LogP contribution in [-0.4, -0.2) is 22.2 Å². The predicted octanol–water partition coefficient (Wildman–Crippen LogP) is 6.56. The highest BCUT2D eigenvalue weighted by molar-refractivity contribution is 8.26. The summed E-state index contributed by atoms with van der Waals surface area (Å²) in [7, 11) is 1.71. The number of methoxy groups -OCH3 is 1. The molecule has 1 amide bonds. The van der Waals surface area contributed by atoms with Crippen molar-refractivity contribution in [2.24, 2.45) is 17.8 Å². The summed E-state index contributed by atoms with van der Waals surface area (Å²) in [6.07, 6.45) is 10.3. The van der Waals surface area contributed by atoms with Gasteiger partial charge in [-0.25, -0.2) is 0 Å². The molecule has 0 atom stereocenters. The molecular formula is C28H29NO2S2. The van der Waals surface area contributed by atoms with E-state index in [1.54, 1.807) is 12.0 Å². The van der Waals surface area contributed by atoms with E-state index in [1.165, 1.54) is 55.9 Å². The summed E-state index contributed by atoms with van der Waals surface area (Å²) in [5.74, 6) is 3.50. The van der Waals surface area contributed by atoms with Crippen molar-refractivity contribution in [1.82, 2.24) is 4.90 Å². The lowest BCUT2D eigenvalue weighted by atomic mass is 9.48. The van der Waals surface area contributed by atoms with E-state index in [0.29, 0.717) is 21.2 Å². The minimum Gasteiger partial charge on any atom is -0.496 e. The van der Waals surface area contributed by atoms with E-state index < -0.39 is 0 Å². The number of hydrogen-bond donors (Lipinski definition) is 0. The molecule has 7 rings (SSSR count). The summed E-state index contributed by atoms with van der Waals surface area (Å²) in [6.45, 7) is 0.507. The lowest BCUT2D eigenvalue weighted by Crippen LogP contribution is -2.48. The zero-order valence-electron chi connectivity index (χ0n) is 19.0. The third kappa shape index (κ3) is 3.83. The second kappa shape index (κ2) is 8.28. The maximum Gasteiger partial charge on any atom is 0.266 e. The SMILES string of the molecule is COc1ccc(C23CC4CC(CC(C4)C2)C3)cc1/C=C1\SC(=S)N(Cc2ccccc2)C1=O. The largest absolute Gasteiger partial charge is 0.496 e. The maximum atomic E-state index is 13.2. The summed E-state index contributed by atoms with van der Waals surface area (Å²) in [5.41, 5.74) is 3.83. The average Bonchev–Trinajstić information content (AvgIpc) is 3.06. The van der Waals surface area contributed by atoms with E-state index in [4.69, 9.17) is 17.0 Å². The number of thiocarbonyl (C=S) groups is 1. The Hall–Kier alpha value is -2.11. The fourth-order valence-electron chi connectivity index (χ4n) is 7.18. The topological polar surface area (TPSA) is 29.5 Å². The van der Waals surface area contributed by atoms with Crippen LogP contribution in [0.1, 0.15) is 55.2 Å². The van der Waals surface area contributed by atoms with E-state index >= 15 is 0 Å². The highest BCUT2D eigenvalue weighted by Gasteiger charge is 2.51. The number of nitrogens with zero attached hydrogens (tertiary/aromatic N) is 1. The third-order valence-electron chi connectivity index (χ3n) is 8.22. The second-order valence-electron chi connectivity index (χ2n) is 10.4. The van der Waals surface area contributed by atoms with Crippen LogP contribution in [0.3, 0.4) is 0 Å². The fraction of sp³-hybridized carbons (Fsp3) is 0.429. The van der Waals surface area contributed by atoms with Crippen molar-refractivity contribution in [3.05, 3.63) is 70.1 Å². The third-order valence-corrected chi connectivity index (χ3v) is 9.60. The molecule has 0 aromatic heterocycles. The molecule has 0 N–H and O–H groups in total. The first-order chi connectivity index (χ1) is 16.0. The summed E-state index contributed by atoms with van der Waals surface area (Å²) < 4.78 is 6.32. The number of ether oxygens (including phenoxy) is 1. The highest BCUT2D eigenvalue weighted by Crippen LogP contribution is 2.61. The van der Waals surface area contributed by atoms with Crippen LogP contribution in [0.25, 0.3) is 6.08 Å². The molecule has 4 bridgehead atoms. The molecule has 1 saturated heterocycles. The Morgan fingerprint density at radius 1 is 1.06 bits per heavy atom. The van der Waals surface area contributed by atoms with Gasteiger partial charge >= 0.3 is 0 Å². The van der Waals surface area contributed by atoms with Gasteiger partial charge in [0.25, 0.3) is 5.91 Å². The Bertz CT molecular complexity index is 1100. The van der Waals surface area contributed by atoms with Crippen LogP contribution in [-0.2, 0) is 16.8 Å². The van der Waals surface area contributed by atoms with Crippen LogP contribution in [0.5, 0.6) is 5.75 Å². The molecular weight excluding hydrogens is 446 g/mol. The summed E-state index contributed by atoms with van der Waals surface area (Å²) >= 11 is 6.96. The van der Waals surface area contributed by atoms with Gasteiger partial charge in [-0.15, -0.1) is 0 Å². The minimum atomic E-state index is -0.0175. The number of thioether (sulfide) groups is 1. The van der Waals surface area contributed by atoms with Gasteiger partial charge in [-0.05, 0) is 91.0 Å². The first kappa shape index (κ1) is 21.4. The van der Waals surface area contributed by atoms with Gasteiger partial charge < -0.3 is 4.74 Å². The van der Waals surface area contributed by atoms with Gasteiger partial charge in [0.05, 0.1) is 18.6 Å². The number of benzene rings is 2. The first-order valence-electron chi connectivity index (χ1n) is 12.0. The van der Waals surface area contributed by atoms with Crippen molar-refractivity contribution in [2.45, 2.75) is 50.5 Å². The molecule has 3 nitrogen and oxygen atoms in total. The number of carbonyl (C=O) groups excluding carboxylic acids is 1. The summed E-state index contributed by atoms with van der Waals surface area (Å²) in [4.78, 5) is 15.6. The number of amides is 1. The quantitative estimate of drug-likeness (QED) is 0.362. The molecule has 4 saturated carbocycles. The van der Waals surface area contributed by atoms with Crippen molar-refractivity contribution in [3.8, 4) is 5.75 Å². The Balaban J connectivity index is 1.31. The van der Waals surface area contributed by atoms with Crippen LogP contribution >= 0.6 is 24.0 Å². The lowest BCUT2D eigenvalue weighted by molar-refractivity contribution is -0.122. The van der Waals surface area contributed by atoms with Crippen molar-refractivity contribution in [1.29, 1.82) is 0 Å². The Morgan fingerprint density at radius 3 is 2.36 bits per heavy atom. The molecule has 0 unspecified atom stereocenters. The molecule has 4 aliphatic carbocycles. The maximum absolute atomic E-state index is 13.2. The predicted molar refractivity (Wildman–Crippen MR) is 138 cm³/mol. The molecule has 5 aliphatic rings. The van der Waals surface area contributed by atoms with Gasteiger partial charge in [-0.1, -0.05) is 60.4 Å². The molecule has 2 aromatic rings. The fourth-order valence-corrected chi connectivity index (χ4v) is 8.43. The van der Waals surface area contributed by atoms with Crippen LogP contribution in [0.2, 0.25) is 0 Å². The molecule has 0 radical (unpaired) electrons. The molecule has 170 valence electrons.